The number of hydrogen-bond donors (Lipinski definition) is 2. The zero-order valence-corrected chi connectivity index (χ0v) is 15.5. The quantitative estimate of drug-likeness (QED) is 0.765. The highest BCUT2D eigenvalue weighted by atomic mass is 19.4. The van der Waals surface area contributed by atoms with Crippen LogP contribution in [0.15, 0.2) is 54.1 Å². The number of halogens is 3. The standard InChI is InChI=1S/C21H22F3N3/c1-20(2,3)16-8-6-14(7-9-16)4-5-15-10-11-25-17(12-15)18-13-19(27-26-18)21(22,23)24/h4-10,12-13,25H,11H2,1-3H3,(H,26,27)/b5-4+. The molecule has 0 bridgehead atoms. The highest BCUT2D eigenvalue weighted by molar-refractivity contribution is 5.69. The molecule has 0 radical (unpaired) electrons. The number of alkyl halides is 3. The van der Waals surface area contributed by atoms with Gasteiger partial charge in [-0.15, -0.1) is 0 Å². The summed E-state index contributed by atoms with van der Waals surface area (Å²) in [4.78, 5) is 0. The van der Waals surface area contributed by atoms with Gasteiger partial charge in [0.25, 0.3) is 0 Å². The number of allylic oxidation sites excluding steroid dienone is 3. The van der Waals surface area contributed by atoms with Crippen LogP contribution >= 0.6 is 0 Å². The zero-order valence-electron chi connectivity index (χ0n) is 15.5. The third-order valence-corrected chi connectivity index (χ3v) is 4.35. The summed E-state index contributed by atoms with van der Waals surface area (Å²) in [7, 11) is 0. The second-order valence-electron chi connectivity index (χ2n) is 7.51. The minimum atomic E-state index is -4.43. The van der Waals surface area contributed by atoms with Crippen LogP contribution in [-0.4, -0.2) is 16.7 Å². The summed E-state index contributed by atoms with van der Waals surface area (Å²) in [5.74, 6) is 0. The Morgan fingerprint density at radius 3 is 2.33 bits per heavy atom. The van der Waals surface area contributed by atoms with Crippen molar-refractivity contribution >= 4 is 11.8 Å². The fraction of sp³-hybridized carbons (Fsp3) is 0.286. The van der Waals surface area contributed by atoms with Gasteiger partial charge >= 0.3 is 6.18 Å². The first-order valence-corrected chi connectivity index (χ1v) is 8.70. The molecule has 1 aromatic heterocycles. The normalized spacial score (nSPS) is 15.5. The molecule has 0 saturated carbocycles. The van der Waals surface area contributed by atoms with Gasteiger partial charge in [0, 0.05) is 6.54 Å². The van der Waals surface area contributed by atoms with E-state index in [-0.39, 0.29) is 11.1 Å². The predicted octanol–water partition coefficient (Wildman–Crippen LogP) is 5.31. The molecule has 0 fully saturated rings. The van der Waals surface area contributed by atoms with E-state index < -0.39 is 11.9 Å². The molecule has 0 unspecified atom stereocenters. The Kier molecular flexibility index (Phi) is 5.00. The highest BCUT2D eigenvalue weighted by Crippen LogP contribution is 2.29. The van der Waals surface area contributed by atoms with E-state index in [1.165, 1.54) is 5.56 Å². The van der Waals surface area contributed by atoms with E-state index in [2.05, 4.69) is 55.5 Å². The van der Waals surface area contributed by atoms with Gasteiger partial charge < -0.3 is 5.32 Å². The van der Waals surface area contributed by atoms with Crippen LogP contribution < -0.4 is 5.32 Å². The molecule has 6 heteroatoms. The molecule has 0 amide bonds. The van der Waals surface area contributed by atoms with Crippen LogP contribution in [0.2, 0.25) is 0 Å². The Morgan fingerprint density at radius 2 is 1.74 bits per heavy atom. The van der Waals surface area contributed by atoms with Crippen LogP contribution in [0, 0.1) is 0 Å². The fourth-order valence-electron chi connectivity index (χ4n) is 2.73. The van der Waals surface area contributed by atoms with Gasteiger partial charge in [-0.25, -0.2) is 0 Å². The number of H-pyrrole nitrogens is 1. The van der Waals surface area contributed by atoms with Gasteiger partial charge in [-0.1, -0.05) is 63.3 Å². The number of aromatic amines is 1. The average Bonchev–Trinajstić information content (AvgIpc) is 3.10. The third kappa shape index (κ3) is 4.70. The lowest BCUT2D eigenvalue weighted by atomic mass is 9.87. The predicted molar refractivity (Wildman–Crippen MR) is 102 cm³/mol. The SMILES string of the molecule is CC(C)(C)c1ccc(/C=C/C2=CCNC(c3cc(C(F)(F)F)[nH]n3)=C2)cc1. The molecule has 1 aliphatic heterocycles. The summed E-state index contributed by atoms with van der Waals surface area (Å²) in [6.07, 6.45) is 3.27. The Hall–Kier alpha value is -2.76. The van der Waals surface area contributed by atoms with Crippen LogP contribution in [0.1, 0.15) is 43.3 Å². The van der Waals surface area contributed by atoms with Gasteiger partial charge in [0.05, 0.1) is 5.70 Å². The molecule has 0 spiro atoms. The molecule has 0 aliphatic carbocycles. The number of hydrogen-bond acceptors (Lipinski definition) is 2. The molecular weight excluding hydrogens is 351 g/mol. The van der Waals surface area contributed by atoms with Crippen molar-refractivity contribution < 1.29 is 13.2 Å². The van der Waals surface area contributed by atoms with Gasteiger partial charge in [0.15, 0.2) is 0 Å². The lowest BCUT2D eigenvalue weighted by Gasteiger charge is -2.18. The number of dihydropyridines is 1. The smallest absolute Gasteiger partial charge is 0.380 e. The monoisotopic (exact) mass is 373 g/mol. The van der Waals surface area contributed by atoms with Crippen LogP contribution in [-0.2, 0) is 11.6 Å². The first kappa shape index (κ1) is 19.0. The van der Waals surface area contributed by atoms with Crippen molar-refractivity contribution in [2.75, 3.05) is 6.54 Å². The lowest BCUT2D eigenvalue weighted by molar-refractivity contribution is -0.141. The van der Waals surface area contributed by atoms with Crippen molar-refractivity contribution in [3.05, 3.63) is 76.6 Å². The van der Waals surface area contributed by atoms with E-state index >= 15 is 0 Å². The first-order chi connectivity index (χ1) is 12.6. The second-order valence-corrected chi connectivity index (χ2v) is 7.51. The van der Waals surface area contributed by atoms with Crippen LogP contribution in [0.25, 0.3) is 11.8 Å². The topological polar surface area (TPSA) is 40.7 Å². The van der Waals surface area contributed by atoms with E-state index in [1.54, 1.807) is 6.08 Å². The summed E-state index contributed by atoms with van der Waals surface area (Å²) in [6, 6.07) is 9.36. The zero-order chi connectivity index (χ0) is 19.7. The van der Waals surface area contributed by atoms with Crippen molar-refractivity contribution in [1.29, 1.82) is 0 Å². The molecule has 0 atom stereocenters. The average molecular weight is 373 g/mol. The van der Waals surface area contributed by atoms with Crippen molar-refractivity contribution in [3.63, 3.8) is 0 Å². The summed E-state index contributed by atoms with van der Waals surface area (Å²) in [5.41, 5.74) is 3.31. The molecule has 1 aromatic carbocycles. The molecule has 2 aromatic rings. The van der Waals surface area contributed by atoms with Gasteiger partial charge in [-0.2, -0.15) is 18.3 Å². The second kappa shape index (κ2) is 7.10. The molecule has 2 N–H and O–H groups in total. The number of benzene rings is 1. The highest BCUT2D eigenvalue weighted by Gasteiger charge is 2.33. The summed E-state index contributed by atoms with van der Waals surface area (Å²) in [5, 5.41) is 8.86. The molecule has 0 saturated heterocycles. The maximum absolute atomic E-state index is 12.7. The van der Waals surface area contributed by atoms with Crippen molar-refractivity contribution in [2.45, 2.75) is 32.4 Å². The van der Waals surface area contributed by atoms with E-state index in [1.807, 2.05) is 23.3 Å². The van der Waals surface area contributed by atoms with Crippen LogP contribution in [0.5, 0.6) is 0 Å². The largest absolute Gasteiger partial charge is 0.432 e. The molecule has 142 valence electrons. The summed E-state index contributed by atoms with van der Waals surface area (Å²) in [6.45, 7) is 7.04. The van der Waals surface area contributed by atoms with Gasteiger partial charge in [0.1, 0.15) is 11.4 Å². The number of aromatic nitrogens is 2. The van der Waals surface area contributed by atoms with E-state index in [4.69, 9.17) is 0 Å². The molecule has 3 nitrogen and oxygen atoms in total. The maximum atomic E-state index is 12.7. The van der Waals surface area contributed by atoms with E-state index in [0.717, 1.165) is 17.2 Å². The minimum absolute atomic E-state index is 0.107. The summed E-state index contributed by atoms with van der Waals surface area (Å²) >= 11 is 0. The maximum Gasteiger partial charge on any atom is 0.432 e. The Bertz CT molecular complexity index is 892. The van der Waals surface area contributed by atoms with E-state index in [9.17, 15) is 13.2 Å². The summed E-state index contributed by atoms with van der Waals surface area (Å²) < 4.78 is 38.2. The molecule has 3 rings (SSSR count). The lowest BCUT2D eigenvalue weighted by Crippen LogP contribution is -2.16. The van der Waals surface area contributed by atoms with Gasteiger partial charge in [-0.3, -0.25) is 5.10 Å². The third-order valence-electron chi connectivity index (χ3n) is 4.35. The Morgan fingerprint density at radius 1 is 1.04 bits per heavy atom. The minimum Gasteiger partial charge on any atom is -0.380 e. The fourth-order valence-corrected chi connectivity index (χ4v) is 2.73. The van der Waals surface area contributed by atoms with Crippen molar-refractivity contribution in [1.82, 2.24) is 15.5 Å². The van der Waals surface area contributed by atoms with Crippen LogP contribution in [0.3, 0.4) is 0 Å². The van der Waals surface area contributed by atoms with Crippen LogP contribution in [0.4, 0.5) is 13.2 Å². The molecular formula is C21H22F3N3. The Balaban J connectivity index is 1.75. The molecule has 2 heterocycles. The van der Waals surface area contributed by atoms with Crippen molar-refractivity contribution in [2.24, 2.45) is 0 Å². The Labute approximate surface area is 156 Å². The van der Waals surface area contributed by atoms with Crippen molar-refractivity contribution in [3.8, 4) is 0 Å². The van der Waals surface area contributed by atoms with Gasteiger partial charge in [-0.05, 0) is 34.3 Å². The molecule has 1 aliphatic rings. The number of rotatable bonds is 3. The molecule has 27 heavy (non-hydrogen) atoms. The van der Waals surface area contributed by atoms with E-state index in [0.29, 0.717) is 12.2 Å². The van der Waals surface area contributed by atoms with Gasteiger partial charge in [0.2, 0.25) is 0 Å². The first-order valence-electron chi connectivity index (χ1n) is 8.70. The number of nitrogens with zero attached hydrogens (tertiary/aromatic N) is 1. The number of nitrogens with one attached hydrogen (secondary N) is 2.